The van der Waals surface area contributed by atoms with Crippen LogP contribution in [0.5, 0.6) is 0 Å². The molecule has 12 heteroatoms. The normalized spacial score (nSPS) is 15.0. The average molecular weight is 499 g/mol. The summed E-state index contributed by atoms with van der Waals surface area (Å²) < 4.78 is 3.06. The number of aromatic nitrogens is 5. The molecule has 4 aromatic rings. The minimum absolute atomic E-state index is 0. The molecule has 10 nitrogen and oxygen atoms in total. The van der Waals surface area contributed by atoms with Crippen molar-refractivity contribution >= 4 is 48.3 Å². The van der Waals surface area contributed by atoms with Gasteiger partial charge in [-0.25, -0.2) is 9.50 Å². The Bertz CT molecular complexity index is 1440. The Labute approximate surface area is 207 Å². The molecule has 0 aliphatic carbocycles. The lowest BCUT2D eigenvalue weighted by atomic mass is 10.0. The molecule has 1 saturated heterocycles. The third-order valence-electron chi connectivity index (χ3n) is 5.69. The first-order valence-corrected chi connectivity index (χ1v) is 10.7. The summed E-state index contributed by atoms with van der Waals surface area (Å²) in [6.45, 7) is 0.615. The Morgan fingerprint density at radius 2 is 1.94 bits per heavy atom. The van der Waals surface area contributed by atoms with E-state index in [0.29, 0.717) is 46.4 Å². The standard InChI is InChI=1S/C22H21ClN8O2.H2S/c1-28(2)20(32)14-12-25-22(24)26-18(14)29-10-9-16(29)19-27-30-11-8-15(23)17(30)21(33)31(19)13-6-4-3-5-7-13;/h3-8,11-12,16H,9-10H2,1-2H3,(H2,24,25,26);1H2/t16-;/m0./s1. The molecule has 0 spiro atoms. The summed E-state index contributed by atoms with van der Waals surface area (Å²) >= 11 is 6.29. The van der Waals surface area contributed by atoms with Crippen LogP contribution in [0.15, 0.2) is 53.6 Å². The molecule has 1 aliphatic rings. The van der Waals surface area contributed by atoms with Crippen molar-refractivity contribution in [3.8, 4) is 5.69 Å². The van der Waals surface area contributed by atoms with Crippen molar-refractivity contribution in [2.75, 3.05) is 31.3 Å². The highest BCUT2D eigenvalue weighted by Gasteiger charge is 2.38. The minimum atomic E-state index is -0.313. The van der Waals surface area contributed by atoms with E-state index in [9.17, 15) is 9.59 Å². The summed E-state index contributed by atoms with van der Waals surface area (Å²) in [7, 11) is 3.32. The van der Waals surface area contributed by atoms with E-state index >= 15 is 0 Å². The van der Waals surface area contributed by atoms with Crippen molar-refractivity contribution in [1.82, 2.24) is 29.0 Å². The van der Waals surface area contributed by atoms with Gasteiger partial charge in [-0.3, -0.25) is 14.2 Å². The Hall–Kier alpha value is -3.57. The van der Waals surface area contributed by atoms with Gasteiger partial charge in [0, 0.05) is 33.0 Å². The first-order chi connectivity index (χ1) is 15.9. The van der Waals surface area contributed by atoms with E-state index in [1.807, 2.05) is 35.2 Å². The first kappa shape index (κ1) is 23.6. The number of carbonyl (C=O) groups is 1. The van der Waals surface area contributed by atoms with Gasteiger partial charge >= 0.3 is 0 Å². The van der Waals surface area contributed by atoms with Crippen LogP contribution in [0.4, 0.5) is 11.8 Å². The van der Waals surface area contributed by atoms with E-state index in [4.69, 9.17) is 22.4 Å². The topological polar surface area (TPSA) is 115 Å². The lowest BCUT2D eigenvalue weighted by molar-refractivity contribution is 0.0827. The van der Waals surface area contributed by atoms with Gasteiger partial charge in [-0.1, -0.05) is 29.8 Å². The Kier molecular flexibility index (Phi) is 6.24. The maximum atomic E-state index is 13.5. The average Bonchev–Trinajstić information content (AvgIpc) is 3.14. The van der Waals surface area contributed by atoms with Crippen molar-refractivity contribution in [1.29, 1.82) is 0 Å². The lowest BCUT2D eigenvalue weighted by Gasteiger charge is -2.42. The zero-order valence-electron chi connectivity index (χ0n) is 18.5. The number of hydrogen-bond acceptors (Lipinski definition) is 7. The summed E-state index contributed by atoms with van der Waals surface area (Å²) in [5.41, 5.74) is 6.88. The van der Waals surface area contributed by atoms with Crippen LogP contribution in [0, 0.1) is 0 Å². The fraction of sp³-hybridized carbons (Fsp3) is 0.227. The third-order valence-corrected chi connectivity index (χ3v) is 6.00. The summed E-state index contributed by atoms with van der Waals surface area (Å²) in [6, 6.07) is 10.6. The van der Waals surface area contributed by atoms with Gasteiger partial charge in [-0.15, -0.1) is 0 Å². The van der Waals surface area contributed by atoms with E-state index in [1.54, 1.807) is 30.9 Å². The highest BCUT2D eigenvalue weighted by atomic mass is 35.5. The van der Waals surface area contributed by atoms with Crippen LogP contribution in [0.3, 0.4) is 0 Å². The van der Waals surface area contributed by atoms with Gasteiger partial charge in [-0.2, -0.15) is 23.6 Å². The van der Waals surface area contributed by atoms with Crippen molar-refractivity contribution < 1.29 is 4.79 Å². The lowest BCUT2D eigenvalue weighted by Crippen LogP contribution is -2.46. The number of benzene rings is 1. The zero-order chi connectivity index (χ0) is 23.3. The highest BCUT2D eigenvalue weighted by molar-refractivity contribution is 7.59. The van der Waals surface area contributed by atoms with Crippen LogP contribution in [0.1, 0.15) is 28.6 Å². The van der Waals surface area contributed by atoms with Crippen molar-refractivity contribution in [3.63, 3.8) is 0 Å². The molecule has 0 bridgehead atoms. The third kappa shape index (κ3) is 3.76. The maximum absolute atomic E-state index is 13.5. The molecule has 34 heavy (non-hydrogen) atoms. The first-order valence-electron chi connectivity index (χ1n) is 10.3. The van der Waals surface area contributed by atoms with E-state index < -0.39 is 0 Å². The predicted molar refractivity (Wildman–Crippen MR) is 135 cm³/mol. The monoisotopic (exact) mass is 498 g/mol. The zero-order valence-corrected chi connectivity index (χ0v) is 20.3. The van der Waals surface area contributed by atoms with Gasteiger partial charge < -0.3 is 15.5 Å². The Morgan fingerprint density at radius 1 is 1.21 bits per heavy atom. The molecule has 0 unspecified atom stereocenters. The van der Waals surface area contributed by atoms with Gasteiger partial charge in [0.05, 0.1) is 16.8 Å². The molecule has 176 valence electrons. The van der Waals surface area contributed by atoms with Gasteiger partial charge in [0.2, 0.25) is 5.95 Å². The number of carbonyl (C=O) groups excluding carboxylic acids is 1. The molecule has 3 aromatic heterocycles. The van der Waals surface area contributed by atoms with Gasteiger partial charge in [0.15, 0.2) is 5.82 Å². The van der Waals surface area contributed by atoms with Crippen molar-refractivity contribution in [2.24, 2.45) is 0 Å². The molecular weight excluding hydrogens is 476 g/mol. The minimum Gasteiger partial charge on any atom is -0.368 e. The van der Waals surface area contributed by atoms with Crippen LogP contribution >= 0.6 is 25.1 Å². The highest BCUT2D eigenvalue weighted by Crippen LogP contribution is 2.38. The molecule has 1 amide bonds. The number of halogens is 1. The molecule has 0 saturated carbocycles. The van der Waals surface area contributed by atoms with Gasteiger partial charge in [0.1, 0.15) is 16.9 Å². The number of amides is 1. The Balaban J connectivity index is 0.00000274. The van der Waals surface area contributed by atoms with Crippen LogP contribution in [0.25, 0.3) is 11.2 Å². The van der Waals surface area contributed by atoms with Crippen molar-refractivity contribution in [2.45, 2.75) is 12.5 Å². The number of para-hydroxylation sites is 1. The van der Waals surface area contributed by atoms with Crippen LogP contribution < -0.4 is 16.2 Å². The fourth-order valence-corrected chi connectivity index (χ4v) is 4.22. The number of nitrogens with two attached hydrogens (primary N) is 1. The van der Waals surface area contributed by atoms with Gasteiger partial charge in [-0.05, 0) is 24.6 Å². The van der Waals surface area contributed by atoms with E-state index in [0.717, 1.165) is 0 Å². The smallest absolute Gasteiger partial charge is 0.284 e. The number of rotatable bonds is 4. The quantitative estimate of drug-likeness (QED) is 0.459. The molecule has 4 heterocycles. The van der Waals surface area contributed by atoms with E-state index in [1.165, 1.54) is 15.6 Å². The summed E-state index contributed by atoms with van der Waals surface area (Å²) in [6.07, 6.45) is 3.80. The van der Waals surface area contributed by atoms with Crippen molar-refractivity contribution in [3.05, 3.63) is 75.6 Å². The van der Waals surface area contributed by atoms with E-state index in [-0.39, 0.29) is 37.0 Å². The summed E-state index contributed by atoms with van der Waals surface area (Å²) in [5.74, 6) is 0.748. The molecule has 2 N–H and O–H groups in total. The SMILES string of the molecule is CN(C)C(=O)c1cnc(N)nc1N1CC[C@H]1c1nn2ccc(Cl)c2c(=O)n1-c1ccccc1.S. The predicted octanol–water partition coefficient (Wildman–Crippen LogP) is 2.28. The number of nitrogen functional groups attached to an aromatic ring is 1. The van der Waals surface area contributed by atoms with Crippen LogP contribution in [0.2, 0.25) is 5.02 Å². The molecule has 1 atom stereocenters. The van der Waals surface area contributed by atoms with E-state index in [2.05, 4.69) is 9.97 Å². The van der Waals surface area contributed by atoms with Crippen LogP contribution in [-0.4, -0.2) is 55.6 Å². The molecule has 1 aliphatic heterocycles. The fourth-order valence-electron chi connectivity index (χ4n) is 4.00. The molecule has 1 aromatic carbocycles. The number of nitrogens with zero attached hydrogens (tertiary/aromatic N) is 7. The number of hydrogen-bond donors (Lipinski definition) is 1. The molecule has 5 rings (SSSR count). The Morgan fingerprint density at radius 3 is 2.59 bits per heavy atom. The molecule has 1 fully saturated rings. The summed E-state index contributed by atoms with van der Waals surface area (Å²) in [5, 5.41) is 5.08. The second kappa shape index (κ2) is 8.99. The maximum Gasteiger partial charge on any atom is 0.284 e. The molecule has 0 radical (unpaired) electrons. The van der Waals surface area contributed by atoms with Crippen LogP contribution in [-0.2, 0) is 0 Å². The molecular formula is C22H23ClN8O2S. The second-order valence-corrected chi connectivity index (χ2v) is 8.36. The largest absolute Gasteiger partial charge is 0.368 e. The number of fused-ring (bicyclic) bond motifs is 1. The number of anilines is 2. The van der Waals surface area contributed by atoms with Gasteiger partial charge in [0.25, 0.3) is 11.5 Å². The summed E-state index contributed by atoms with van der Waals surface area (Å²) in [4.78, 5) is 38.1. The second-order valence-electron chi connectivity index (χ2n) is 7.95.